The molecule has 0 amide bonds. The Morgan fingerprint density at radius 1 is 1.26 bits per heavy atom. The maximum atomic E-state index is 13.0. The predicted octanol–water partition coefficient (Wildman–Crippen LogP) is 3.94. The van der Waals surface area contributed by atoms with Crippen molar-refractivity contribution in [3.63, 3.8) is 0 Å². The largest absolute Gasteiger partial charge is 0.463 e. The van der Waals surface area contributed by atoms with Crippen LogP contribution in [0, 0.1) is 21.4 Å². The van der Waals surface area contributed by atoms with E-state index in [1.807, 2.05) is 37.3 Å². The SMILES string of the molecule is CCOC(=O)C1=C(c2cccc([N+](=O)[O-])c2)OC(N)=C(C#N)C1c1ccc(CC)cc1. The zero-order valence-electron chi connectivity index (χ0n) is 17.1. The van der Waals surface area contributed by atoms with Crippen molar-refractivity contribution in [1.82, 2.24) is 0 Å². The van der Waals surface area contributed by atoms with Crippen molar-refractivity contribution in [3.8, 4) is 6.07 Å². The van der Waals surface area contributed by atoms with Crippen LogP contribution in [-0.4, -0.2) is 17.5 Å². The van der Waals surface area contributed by atoms with Crippen molar-refractivity contribution >= 4 is 17.4 Å². The van der Waals surface area contributed by atoms with Crippen LogP contribution in [0.4, 0.5) is 5.69 Å². The maximum Gasteiger partial charge on any atom is 0.338 e. The number of hydrogen-bond donors (Lipinski definition) is 1. The van der Waals surface area contributed by atoms with Gasteiger partial charge in [-0.1, -0.05) is 43.3 Å². The molecule has 1 unspecified atom stereocenters. The summed E-state index contributed by atoms with van der Waals surface area (Å²) in [7, 11) is 0. The van der Waals surface area contributed by atoms with Gasteiger partial charge in [0.05, 0.1) is 23.0 Å². The first-order chi connectivity index (χ1) is 14.9. The van der Waals surface area contributed by atoms with Gasteiger partial charge in [0.1, 0.15) is 17.4 Å². The molecule has 1 heterocycles. The molecule has 0 saturated heterocycles. The molecule has 8 heteroatoms. The van der Waals surface area contributed by atoms with E-state index in [-0.39, 0.29) is 40.6 Å². The van der Waals surface area contributed by atoms with Gasteiger partial charge in [-0.15, -0.1) is 0 Å². The topological polar surface area (TPSA) is 128 Å². The highest BCUT2D eigenvalue weighted by molar-refractivity contribution is 6.00. The van der Waals surface area contributed by atoms with Gasteiger partial charge >= 0.3 is 5.97 Å². The standard InChI is InChI=1S/C23H21N3O5/c1-3-14-8-10-15(11-9-14)19-18(13-24)22(25)31-21(20(19)23(27)30-4-2)16-6-5-7-17(12-16)26(28)29/h5-12,19H,3-4,25H2,1-2H3. The van der Waals surface area contributed by atoms with E-state index in [4.69, 9.17) is 15.2 Å². The molecule has 8 nitrogen and oxygen atoms in total. The van der Waals surface area contributed by atoms with E-state index < -0.39 is 16.8 Å². The number of nitrogens with zero attached hydrogens (tertiary/aromatic N) is 2. The number of nitro groups is 1. The number of non-ortho nitro benzene ring substituents is 1. The molecule has 0 fully saturated rings. The number of nitriles is 1. The summed E-state index contributed by atoms with van der Waals surface area (Å²) in [4.78, 5) is 23.7. The Bertz CT molecular complexity index is 1130. The predicted molar refractivity (Wildman–Crippen MR) is 113 cm³/mol. The van der Waals surface area contributed by atoms with Crippen LogP contribution in [0.1, 0.15) is 36.5 Å². The van der Waals surface area contributed by atoms with Crippen LogP contribution in [-0.2, 0) is 20.7 Å². The molecule has 1 aliphatic heterocycles. The van der Waals surface area contributed by atoms with E-state index in [1.54, 1.807) is 13.0 Å². The minimum atomic E-state index is -0.835. The normalized spacial score (nSPS) is 15.8. The lowest BCUT2D eigenvalue weighted by Crippen LogP contribution is -2.26. The van der Waals surface area contributed by atoms with Crippen molar-refractivity contribution in [2.24, 2.45) is 5.73 Å². The lowest BCUT2D eigenvalue weighted by atomic mass is 9.81. The van der Waals surface area contributed by atoms with Crippen LogP contribution < -0.4 is 5.73 Å². The molecule has 0 saturated carbocycles. The molecule has 2 aromatic carbocycles. The Morgan fingerprint density at radius 2 is 1.97 bits per heavy atom. The summed E-state index contributed by atoms with van der Waals surface area (Å²) in [5, 5.41) is 21.0. The smallest absolute Gasteiger partial charge is 0.338 e. The van der Waals surface area contributed by atoms with Crippen molar-refractivity contribution in [1.29, 1.82) is 5.26 Å². The number of rotatable bonds is 6. The highest BCUT2D eigenvalue weighted by atomic mass is 16.6. The minimum absolute atomic E-state index is 0.0308. The second-order valence-corrected chi connectivity index (χ2v) is 6.79. The summed E-state index contributed by atoms with van der Waals surface area (Å²) in [5.74, 6) is -1.66. The second kappa shape index (κ2) is 9.13. The molecule has 31 heavy (non-hydrogen) atoms. The van der Waals surface area contributed by atoms with Gasteiger partial charge in [0.25, 0.3) is 5.69 Å². The Morgan fingerprint density at radius 3 is 2.55 bits per heavy atom. The molecule has 1 aliphatic rings. The summed E-state index contributed by atoms with van der Waals surface area (Å²) in [5.41, 5.74) is 8.05. The molecule has 3 rings (SSSR count). The van der Waals surface area contributed by atoms with Crippen LogP contribution in [0.2, 0.25) is 0 Å². The van der Waals surface area contributed by atoms with E-state index in [0.29, 0.717) is 5.56 Å². The van der Waals surface area contributed by atoms with Gasteiger partial charge in [-0.3, -0.25) is 10.1 Å². The molecular formula is C23H21N3O5. The fourth-order valence-corrected chi connectivity index (χ4v) is 3.43. The van der Waals surface area contributed by atoms with E-state index in [1.165, 1.54) is 18.2 Å². The van der Waals surface area contributed by atoms with Crippen LogP contribution in [0.3, 0.4) is 0 Å². The van der Waals surface area contributed by atoms with Gasteiger partial charge < -0.3 is 15.2 Å². The highest BCUT2D eigenvalue weighted by Gasteiger charge is 2.38. The molecule has 0 spiro atoms. The van der Waals surface area contributed by atoms with Crippen LogP contribution in [0.25, 0.3) is 5.76 Å². The third kappa shape index (κ3) is 4.26. The lowest BCUT2D eigenvalue weighted by molar-refractivity contribution is -0.384. The number of benzene rings is 2. The summed E-state index contributed by atoms with van der Waals surface area (Å²) in [6, 6.07) is 15.2. The molecule has 0 aliphatic carbocycles. The molecule has 158 valence electrons. The van der Waals surface area contributed by atoms with E-state index in [0.717, 1.165) is 12.0 Å². The maximum absolute atomic E-state index is 13.0. The van der Waals surface area contributed by atoms with Crippen molar-refractivity contribution in [2.45, 2.75) is 26.2 Å². The average molecular weight is 419 g/mol. The highest BCUT2D eigenvalue weighted by Crippen LogP contribution is 2.43. The Hall–Kier alpha value is -4.12. The lowest BCUT2D eigenvalue weighted by Gasteiger charge is -2.28. The Balaban J connectivity index is 2.28. The number of esters is 1. The number of hydrogen-bond acceptors (Lipinski definition) is 7. The van der Waals surface area contributed by atoms with Crippen molar-refractivity contribution in [2.75, 3.05) is 6.61 Å². The first kappa shape index (κ1) is 21.6. The van der Waals surface area contributed by atoms with Gasteiger partial charge in [-0.2, -0.15) is 5.26 Å². The quantitative estimate of drug-likeness (QED) is 0.426. The third-order valence-electron chi connectivity index (χ3n) is 4.96. The molecule has 0 aromatic heterocycles. The number of aryl methyl sites for hydroxylation is 1. The summed E-state index contributed by atoms with van der Waals surface area (Å²) in [6.45, 7) is 3.79. The Labute approximate surface area is 179 Å². The summed E-state index contributed by atoms with van der Waals surface area (Å²) in [6.07, 6.45) is 0.830. The van der Waals surface area contributed by atoms with Gasteiger partial charge in [0.2, 0.25) is 5.88 Å². The van der Waals surface area contributed by atoms with Crippen molar-refractivity contribution < 1.29 is 19.2 Å². The van der Waals surface area contributed by atoms with E-state index in [9.17, 15) is 20.2 Å². The zero-order chi connectivity index (χ0) is 22.5. The second-order valence-electron chi connectivity index (χ2n) is 6.79. The van der Waals surface area contributed by atoms with Crippen LogP contribution >= 0.6 is 0 Å². The van der Waals surface area contributed by atoms with Gasteiger partial charge in [0, 0.05) is 17.7 Å². The molecule has 2 aromatic rings. The molecule has 0 bridgehead atoms. The first-order valence-corrected chi connectivity index (χ1v) is 9.73. The number of nitro benzene ring substituents is 1. The molecule has 0 radical (unpaired) electrons. The number of carbonyl (C=O) groups is 1. The van der Waals surface area contributed by atoms with Crippen molar-refractivity contribution in [3.05, 3.63) is 92.4 Å². The van der Waals surface area contributed by atoms with Gasteiger partial charge in [0.15, 0.2) is 0 Å². The first-order valence-electron chi connectivity index (χ1n) is 9.73. The van der Waals surface area contributed by atoms with E-state index in [2.05, 4.69) is 0 Å². The van der Waals surface area contributed by atoms with Crippen LogP contribution in [0.15, 0.2) is 65.6 Å². The monoisotopic (exact) mass is 419 g/mol. The van der Waals surface area contributed by atoms with Gasteiger partial charge in [-0.25, -0.2) is 4.79 Å². The summed E-state index contributed by atoms with van der Waals surface area (Å²) < 4.78 is 10.9. The average Bonchev–Trinajstić information content (AvgIpc) is 2.78. The fraction of sp³-hybridized carbons (Fsp3) is 0.217. The number of nitrogens with two attached hydrogens (primary N) is 1. The molecule has 1 atom stereocenters. The molecular weight excluding hydrogens is 398 g/mol. The zero-order valence-corrected chi connectivity index (χ0v) is 17.1. The number of ether oxygens (including phenoxy) is 2. The van der Waals surface area contributed by atoms with Crippen LogP contribution in [0.5, 0.6) is 0 Å². The molecule has 2 N–H and O–H groups in total. The number of allylic oxidation sites excluding steroid dienone is 1. The Kier molecular flexibility index (Phi) is 6.36. The summed E-state index contributed by atoms with van der Waals surface area (Å²) >= 11 is 0. The van der Waals surface area contributed by atoms with Gasteiger partial charge in [-0.05, 0) is 24.5 Å². The third-order valence-corrected chi connectivity index (χ3v) is 4.96. The number of carbonyl (C=O) groups excluding carboxylic acids is 1. The minimum Gasteiger partial charge on any atom is -0.463 e. The fourth-order valence-electron chi connectivity index (χ4n) is 3.43. The van der Waals surface area contributed by atoms with E-state index >= 15 is 0 Å².